The SMILES string of the molecule is NCCCn1ccc2cc(C(=O)N3Cc4cccc(O)c4C3)ccc21. The van der Waals surface area contributed by atoms with Gasteiger partial charge >= 0.3 is 0 Å². The van der Waals surface area contributed by atoms with Gasteiger partial charge in [-0.1, -0.05) is 12.1 Å². The molecule has 0 unspecified atom stereocenters. The van der Waals surface area contributed by atoms with E-state index in [2.05, 4.69) is 4.57 Å². The molecule has 1 aliphatic heterocycles. The van der Waals surface area contributed by atoms with E-state index in [1.54, 1.807) is 11.0 Å². The average Bonchev–Trinajstić information content (AvgIpc) is 3.23. The molecule has 1 aromatic heterocycles. The number of hydrogen-bond donors (Lipinski definition) is 2. The molecular formula is C20H21N3O2. The van der Waals surface area contributed by atoms with Crippen LogP contribution >= 0.6 is 0 Å². The van der Waals surface area contributed by atoms with Crippen molar-refractivity contribution in [1.29, 1.82) is 0 Å². The predicted octanol–water partition coefficient (Wildman–Crippen LogP) is 2.85. The van der Waals surface area contributed by atoms with Crippen molar-refractivity contribution in [3.05, 3.63) is 65.4 Å². The van der Waals surface area contributed by atoms with Crippen molar-refractivity contribution >= 4 is 16.8 Å². The van der Waals surface area contributed by atoms with Crippen molar-refractivity contribution in [2.24, 2.45) is 5.73 Å². The maximum absolute atomic E-state index is 12.9. The molecule has 0 saturated carbocycles. The van der Waals surface area contributed by atoms with Crippen molar-refractivity contribution in [3.63, 3.8) is 0 Å². The molecule has 1 aliphatic rings. The van der Waals surface area contributed by atoms with Gasteiger partial charge < -0.3 is 20.3 Å². The predicted molar refractivity (Wildman–Crippen MR) is 97.3 cm³/mol. The number of fused-ring (bicyclic) bond motifs is 2. The minimum Gasteiger partial charge on any atom is -0.508 e. The molecule has 0 fully saturated rings. The number of phenolic OH excluding ortho intramolecular Hbond substituents is 1. The Hall–Kier alpha value is -2.79. The van der Waals surface area contributed by atoms with Crippen molar-refractivity contribution in [1.82, 2.24) is 9.47 Å². The van der Waals surface area contributed by atoms with Crippen LogP contribution in [0.5, 0.6) is 5.75 Å². The zero-order chi connectivity index (χ0) is 17.4. The second-order valence-corrected chi connectivity index (χ2v) is 6.50. The summed E-state index contributed by atoms with van der Waals surface area (Å²) in [5, 5.41) is 11.0. The fourth-order valence-corrected chi connectivity index (χ4v) is 3.52. The summed E-state index contributed by atoms with van der Waals surface area (Å²) in [5.74, 6) is 0.257. The van der Waals surface area contributed by atoms with Crippen LogP contribution in [0, 0.1) is 0 Å². The molecule has 0 bridgehead atoms. The molecule has 1 amide bonds. The lowest BCUT2D eigenvalue weighted by atomic mass is 10.1. The molecule has 128 valence electrons. The molecule has 0 aliphatic carbocycles. The van der Waals surface area contributed by atoms with Gasteiger partial charge in [0.05, 0.1) is 6.54 Å². The van der Waals surface area contributed by atoms with Gasteiger partial charge in [-0.25, -0.2) is 0 Å². The van der Waals surface area contributed by atoms with Gasteiger partial charge in [0.1, 0.15) is 5.75 Å². The molecule has 2 heterocycles. The molecule has 5 heteroatoms. The molecule has 2 aromatic carbocycles. The summed E-state index contributed by atoms with van der Waals surface area (Å²) >= 11 is 0. The first-order valence-electron chi connectivity index (χ1n) is 8.55. The molecule has 5 nitrogen and oxygen atoms in total. The van der Waals surface area contributed by atoms with Crippen LogP contribution < -0.4 is 5.73 Å². The molecule has 0 atom stereocenters. The van der Waals surface area contributed by atoms with Gasteiger partial charge in [0.15, 0.2) is 0 Å². The number of phenols is 1. The van der Waals surface area contributed by atoms with E-state index in [9.17, 15) is 9.90 Å². The van der Waals surface area contributed by atoms with E-state index < -0.39 is 0 Å². The first-order chi connectivity index (χ1) is 12.2. The summed E-state index contributed by atoms with van der Waals surface area (Å²) in [4.78, 5) is 14.6. The van der Waals surface area contributed by atoms with Crippen molar-refractivity contribution < 1.29 is 9.90 Å². The normalized spacial score (nSPS) is 13.4. The molecule has 3 aromatic rings. The highest BCUT2D eigenvalue weighted by molar-refractivity contribution is 5.98. The number of aromatic hydroxyl groups is 1. The Morgan fingerprint density at radius 1 is 1.16 bits per heavy atom. The number of benzene rings is 2. The first kappa shape index (κ1) is 15.7. The quantitative estimate of drug-likeness (QED) is 0.770. The minimum absolute atomic E-state index is 0.00721. The Labute approximate surface area is 146 Å². The van der Waals surface area contributed by atoms with Crippen molar-refractivity contribution in [3.8, 4) is 5.75 Å². The molecule has 25 heavy (non-hydrogen) atoms. The van der Waals surface area contributed by atoms with Gasteiger partial charge in [0, 0.05) is 41.3 Å². The number of aromatic nitrogens is 1. The van der Waals surface area contributed by atoms with E-state index in [1.807, 2.05) is 42.6 Å². The van der Waals surface area contributed by atoms with Crippen LogP contribution in [0.3, 0.4) is 0 Å². The molecule has 0 radical (unpaired) electrons. The monoisotopic (exact) mass is 335 g/mol. The highest BCUT2D eigenvalue weighted by Gasteiger charge is 2.26. The van der Waals surface area contributed by atoms with E-state index >= 15 is 0 Å². The summed E-state index contributed by atoms with van der Waals surface area (Å²) in [7, 11) is 0. The Balaban J connectivity index is 1.58. The Morgan fingerprint density at radius 3 is 2.84 bits per heavy atom. The van der Waals surface area contributed by atoms with Gasteiger partial charge in [-0.05, 0) is 48.9 Å². The maximum Gasteiger partial charge on any atom is 0.254 e. The smallest absolute Gasteiger partial charge is 0.254 e. The third-order valence-electron chi connectivity index (χ3n) is 4.87. The number of carbonyl (C=O) groups excluding carboxylic acids is 1. The van der Waals surface area contributed by atoms with Gasteiger partial charge in [-0.2, -0.15) is 0 Å². The second kappa shape index (κ2) is 6.26. The van der Waals surface area contributed by atoms with E-state index in [0.29, 0.717) is 25.2 Å². The van der Waals surface area contributed by atoms with Gasteiger partial charge in [-0.15, -0.1) is 0 Å². The van der Waals surface area contributed by atoms with Crippen molar-refractivity contribution in [2.75, 3.05) is 6.54 Å². The number of hydrogen-bond acceptors (Lipinski definition) is 3. The highest BCUT2D eigenvalue weighted by atomic mass is 16.3. The Kier molecular flexibility index (Phi) is 3.93. The third kappa shape index (κ3) is 2.76. The highest BCUT2D eigenvalue weighted by Crippen LogP contribution is 2.31. The number of nitrogens with two attached hydrogens (primary N) is 1. The van der Waals surface area contributed by atoms with Crippen LogP contribution in [-0.2, 0) is 19.6 Å². The second-order valence-electron chi connectivity index (χ2n) is 6.50. The molecule has 4 rings (SSSR count). The number of amides is 1. The fourth-order valence-electron chi connectivity index (χ4n) is 3.52. The van der Waals surface area contributed by atoms with Crippen molar-refractivity contribution in [2.45, 2.75) is 26.1 Å². The van der Waals surface area contributed by atoms with E-state index in [0.717, 1.165) is 35.0 Å². The summed E-state index contributed by atoms with van der Waals surface area (Å²) in [6, 6.07) is 13.3. The zero-order valence-corrected chi connectivity index (χ0v) is 14.0. The molecule has 0 spiro atoms. The Bertz CT molecular complexity index is 945. The number of rotatable bonds is 4. The van der Waals surface area contributed by atoms with Crippen LogP contribution in [0.25, 0.3) is 10.9 Å². The topological polar surface area (TPSA) is 71.5 Å². The summed E-state index contributed by atoms with van der Waals surface area (Å²) in [5.41, 5.74) is 9.25. The summed E-state index contributed by atoms with van der Waals surface area (Å²) in [6.45, 7) is 2.54. The van der Waals surface area contributed by atoms with Gasteiger partial charge in [-0.3, -0.25) is 4.79 Å². The van der Waals surface area contributed by atoms with Gasteiger partial charge in [0.2, 0.25) is 0 Å². The van der Waals surface area contributed by atoms with Crippen LogP contribution in [0.2, 0.25) is 0 Å². The summed E-state index contributed by atoms with van der Waals surface area (Å²) in [6.07, 6.45) is 2.97. The fraction of sp³-hybridized carbons (Fsp3) is 0.250. The maximum atomic E-state index is 12.9. The number of nitrogens with zero attached hydrogens (tertiary/aromatic N) is 2. The molecular weight excluding hydrogens is 314 g/mol. The van der Waals surface area contributed by atoms with E-state index in [-0.39, 0.29) is 11.7 Å². The van der Waals surface area contributed by atoms with Crippen LogP contribution in [0.15, 0.2) is 48.7 Å². The van der Waals surface area contributed by atoms with Gasteiger partial charge in [0.25, 0.3) is 5.91 Å². The van der Waals surface area contributed by atoms with E-state index in [1.165, 1.54) is 0 Å². The van der Waals surface area contributed by atoms with Crippen LogP contribution in [-0.4, -0.2) is 27.0 Å². The lowest BCUT2D eigenvalue weighted by Gasteiger charge is -2.15. The number of aryl methyl sites for hydroxylation is 1. The largest absolute Gasteiger partial charge is 0.508 e. The minimum atomic E-state index is -0.00721. The average molecular weight is 335 g/mol. The first-order valence-corrected chi connectivity index (χ1v) is 8.55. The zero-order valence-electron chi connectivity index (χ0n) is 14.0. The third-order valence-corrected chi connectivity index (χ3v) is 4.87. The van der Waals surface area contributed by atoms with Crippen LogP contribution in [0.4, 0.5) is 0 Å². The number of carbonyl (C=O) groups is 1. The standard InChI is InChI=1S/C20H21N3O2/c21-8-2-9-22-10-7-14-11-15(5-6-18(14)22)20(25)23-12-16-3-1-4-19(24)17(16)13-23/h1,3-7,10-11,24H,2,8-9,12-13,21H2. The van der Waals surface area contributed by atoms with Crippen LogP contribution in [0.1, 0.15) is 27.9 Å². The van der Waals surface area contributed by atoms with E-state index in [4.69, 9.17) is 5.73 Å². The lowest BCUT2D eigenvalue weighted by molar-refractivity contribution is 0.0751. The Morgan fingerprint density at radius 2 is 2.04 bits per heavy atom. The summed E-state index contributed by atoms with van der Waals surface area (Å²) < 4.78 is 2.17. The molecule has 0 saturated heterocycles. The molecule has 3 N–H and O–H groups in total. The lowest BCUT2D eigenvalue weighted by Crippen LogP contribution is -2.25.